The summed E-state index contributed by atoms with van der Waals surface area (Å²) in [7, 11) is 0. The summed E-state index contributed by atoms with van der Waals surface area (Å²) in [4.78, 5) is 13.3. The highest BCUT2D eigenvalue weighted by molar-refractivity contribution is 6.30. The maximum absolute atomic E-state index is 13.1. The molecule has 9 heteroatoms. The Morgan fingerprint density at radius 2 is 1.52 bits per heavy atom. The molecular weight excluding hydrogens is 348 g/mol. The molecule has 0 saturated heterocycles. The molecule has 124 valence electrons. The molecule has 23 heavy (non-hydrogen) atoms. The van der Waals surface area contributed by atoms with Crippen LogP contribution in [0.1, 0.15) is 28.5 Å². The second-order valence-electron chi connectivity index (χ2n) is 4.68. The van der Waals surface area contributed by atoms with Crippen LogP contribution in [0.2, 0.25) is 5.02 Å². The van der Waals surface area contributed by atoms with E-state index in [9.17, 15) is 31.1 Å². The molecule has 1 aromatic carbocycles. The highest BCUT2D eigenvalue weighted by atomic mass is 35.5. The first-order valence-corrected chi connectivity index (χ1v) is 6.48. The van der Waals surface area contributed by atoms with Crippen molar-refractivity contribution in [2.45, 2.75) is 19.3 Å². The van der Waals surface area contributed by atoms with Gasteiger partial charge in [-0.1, -0.05) is 23.7 Å². The molecule has 0 aliphatic carbocycles. The number of aromatic amines is 1. The number of alkyl halides is 6. The van der Waals surface area contributed by atoms with Crippen LogP contribution in [0.4, 0.5) is 26.3 Å². The molecular formula is C14H8ClF6NO. The van der Waals surface area contributed by atoms with Gasteiger partial charge < -0.3 is 4.98 Å². The average molecular weight is 356 g/mol. The first kappa shape index (κ1) is 17.4. The van der Waals surface area contributed by atoms with Gasteiger partial charge in [0.25, 0.3) is 0 Å². The van der Waals surface area contributed by atoms with Gasteiger partial charge >= 0.3 is 12.4 Å². The van der Waals surface area contributed by atoms with Crippen molar-refractivity contribution in [1.82, 2.24) is 4.98 Å². The van der Waals surface area contributed by atoms with Crippen LogP contribution in [0.5, 0.6) is 0 Å². The van der Waals surface area contributed by atoms with Gasteiger partial charge in [-0.3, -0.25) is 4.79 Å². The van der Waals surface area contributed by atoms with Crippen LogP contribution in [-0.2, 0) is 12.4 Å². The Morgan fingerprint density at radius 1 is 1.00 bits per heavy atom. The second-order valence-corrected chi connectivity index (χ2v) is 5.12. The standard InChI is InChI=1S/C14H8ClF6NO/c1-6(23)9-10(13(16,17)18)12(14(19,20)21)22-11(9)7-2-4-8(15)5-3-7/h2-5,22H,1H3. The van der Waals surface area contributed by atoms with E-state index in [4.69, 9.17) is 11.6 Å². The predicted molar refractivity (Wildman–Crippen MR) is 71.2 cm³/mol. The third-order valence-electron chi connectivity index (χ3n) is 3.05. The van der Waals surface area contributed by atoms with Crippen LogP contribution in [-0.4, -0.2) is 10.8 Å². The zero-order valence-electron chi connectivity index (χ0n) is 11.4. The van der Waals surface area contributed by atoms with Crippen LogP contribution in [0, 0.1) is 0 Å². The van der Waals surface area contributed by atoms with E-state index in [0.29, 0.717) is 0 Å². The predicted octanol–water partition coefficient (Wildman–Crippen LogP) is 5.58. The number of carbonyl (C=O) groups excluding carboxylic acids is 1. The van der Waals surface area contributed by atoms with E-state index < -0.39 is 40.7 Å². The van der Waals surface area contributed by atoms with Gasteiger partial charge in [0.05, 0.1) is 16.8 Å². The summed E-state index contributed by atoms with van der Waals surface area (Å²) in [6, 6.07) is 5.03. The Hall–Kier alpha value is -1.96. The molecule has 0 fully saturated rings. The summed E-state index contributed by atoms with van der Waals surface area (Å²) in [6.45, 7) is 0.776. The normalized spacial score (nSPS) is 12.5. The minimum Gasteiger partial charge on any atom is -0.350 e. The monoisotopic (exact) mass is 355 g/mol. The van der Waals surface area contributed by atoms with Gasteiger partial charge in [-0.05, 0) is 24.6 Å². The molecule has 2 aromatic rings. The lowest BCUT2D eigenvalue weighted by atomic mass is 10.0. The van der Waals surface area contributed by atoms with E-state index in [1.54, 1.807) is 4.98 Å². The number of halogens is 7. The molecule has 0 radical (unpaired) electrons. The summed E-state index contributed by atoms with van der Waals surface area (Å²) in [5.74, 6) is -1.13. The number of nitrogens with one attached hydrogen (secondary N) is 1. The molecule has 2 nitrogen and oxygen atoms in total. The van der Waals surface area contributed by atoms with Crippen LogP contribution in [0.25, 0.3) is 11.3 Å². The first-order chi connectivity index (χ1) is 10.4. The van der Waals surface area contributed by atoms with Crippen LogP contribution < -0.4 is 0 Å². The Kier molecular flexibility index (Phi) is 4.23. The smallest absolute Gasteiger partial charge is 0.350 e. The van der Waals surface area contributed by atoms with Crippen molar-refractivity contribution < 1.29 is 31.1 Å². The molecule has 0 aliphatic heterocycles. The van der Waals surface area contributed by atoms with E-state index in [-0.39, 0.29) is 10.6 Å². The number of rotatable bonds is 2. The molecule has 0 aliphatic rings. The van der Waals surface area contributed by atoms with Crippen molar-refractivity contribution in [2.24, 2.45) is 0 Å². The fourth-order valence-corrected chi connectivity index (χ4v) is 2.31. The minimum atomic E-state index is -5.34. The largest absolute Gasteiger partial charge is 0.431 e. The number of H-pyrrole nitrogens is 1. The van der Waals surface area contributed by atoms with E-state index in [1.165, 1.54) is 24.3 Å². The van der Waals surface area contributed by atoms with Gasteiger partial charge in [-0.15, -0.1) is 0 Å². The van der Waals surface area contributed by atoms with Crippen molar-refractivity contribution in [3.63, 3.8) is 0 Å². The molecule has 2 rings (SSSR count). The Morgan fingerprint density at radius 3 is 1.91 bits per heavy atom. The number of Topliss-reactive ketones (excluding diaryl/α,β-unsaturated/α-hetero) is 1. The van der Waals surface area contributed by atoms with Crippen molar-refractivity contribution in [2.75, 3.05) is 0 Å². The number of ketones is 1. The number of benzene rings is 1. The van der Waals surface area contributed by atoms with Crippen LogP contribution in [0.3, 0.4) is 0 Å². The topological polar surface area (TPSA) is 32.9 Å². The van der Waals surface area contributed by atoms with E-state index in [2.05, 4.69) is 0 Å². The highest BCUT2D eigenvalue weighted by Crippen LogP contribution is 2.45. The summed E-state index contributed by atoms with van der Waals surface area (Å²) >= 11 is 5.65. The molecule has 1 aromatic heterocycles. The van der Waals surface area contributed by atoms with Crippen molar-refractivity contribution >= 4 is 17.4 Å². The first-order valence-electron chi connectivity index (χ1n) is 6.10. The van der Waals surface area contributed by atoms with E-state index in [0.717, 1.165) is 6.92 Å². The van der Waals surface area contributed by atoms with E-state index >= 15 is 0 Å². The van der Waals surface area contributed by atoms with Crippen LogP contribution in [0.15, 0.2) is 24.3 Å². The van der Waals surface area contributed by atoms with Crippen molar-refractivity contribution in [1.29, 1.82) is 0 Å². The van der Waals surface area contributed by atoms with Crippen LogP contribution >= 0.6 is 11.6 Å². The summed E-state index contributed by atoms with van der Waals surface area (Å²) in [6.07, 6.45) is -10.6. The Balaban J connectivity index is 2.85. The molecule has 1 N–H and O–H groups in total. The van der Waals surface area contributed by atoms with Gasteiger partial charge in [-0.2, -0.15) is 26.3 Å². The van der Waals surface area contributed by atoms with Gasteiger partial charge in [0.15, 0.2) is 5.78 Å². The zero-order chi connectivity index (χ0) is 17.6. The highest BCUT2D eigenvalue weighted by Gasteiger charge is 2.48. The van der Waals surface area contributed by atoms with Crippen molar-refractivity contribution in [3.05, 3.63) is 46.1 Å². The SMILES string of the molecule is CC(=O)c1c(-c2ccc(Cl)cc2)[nH]c(C(F)(F)F)c1C(F)(F)F. The molecule has 0 spiro atoms. The quantitative estimate of drug-likeness (QED) is 0.554. The third-order valence-corrected chi connectivity index (χ3v) is 3.30. The summed E-state index contributed by atoms with van der Waals surface area (Å²) in [5.41, 5.74) is -5.62. The maximum Gasteiger partial charge on any atom is 0.431 e. The molecule has 0 unspecified atom stereocenters. The number of hydrogen-bond donors (Lipinski definition) is 1. The molecule has 0 amide bonds. The lowest BCUT2D eigenvalue weighted by molar-refractivity contribution is -0.163. The fraction of sp³-hybridized carbons (Fsp3) is 0.214. The number of hydrogen-bond acceptors (Lipinski definition) is 1. The third kappa shape index (κ3) is 3.36. The van der Waals surface area contributed by atoms with Gasteiger partial charge in [0, 0.05) is 5.02 Å². The Labute approximate surface area is 131 Å². The number of carbonyl (C=O) groups is 1. The maximum atomic E-state index is 13.1. The molecule has 0 saturated carbocycles. The minimum absolute atomic E-state index is 0.0133. The van der Waals surface area contributed by atoms with Gasteiger partial charge in [0.2, 0.25) is 0 Å². The fourth-order valence-electron chi connectivity index (χ4n) is 2.18. The molecule has 1 heterocycles. The lowest BCUT2D eigenvalue weighted by Gasteiger charge is -2.12. The Bertz CT molecular complexity index is 742. The molecule has 0 atom stereocenters. The summed E-state index contributed by atoms with van der Waals surface area (Å²) < 4.78 is 78.2. The molecule has 0 bridgehead atoms. The van der Waals surface area contributed by atoms with Gasteiger partial charge in [0.1, 0.15) is 5.69 Å². The number of aromatic nitrogens is 1. The van der Waals surface area contributed by atoms with Gasteiger partial charge in [-0.25, -0.2) is 0 Å². The van der Waals surface area contributed by atoms with E-state index in [1.807, 2.05) is 0 Å². The lowest BCUT2D eigenvalue weighted by Crippen LogP contribution is -2.17. The average Bonchev–Trinajstić information content (AvgIpc) is 2.79. The summed E-state index contributed by atoms with van der Waals surface area (Å²) in [5, 5.41) is 0.247. The van der Waals surface area contributed by atoms with Crippen molar-refractivity contribution in [3.8, 4) is 11.3 Å². The second kappa shape index (κ2) is 5.59. The zero-order valence-corrected chi connectivity index (χ0v) is 12.1.